The third-order valence-electron chi connectivity index (χ3n) is 4.49. The number of benzene rings is 1. The molecule has 21 heavy (non-hydrogen) atoms. The van der Waals surface area contributed by atoms with Gasteiger partial charge < -0.3 is 14.7 Å². The van der Waals surface area contributed by atoms with Crippen molar-refractivity contribution >= 4 is 0 Å². The van der Waals surface area contributed by atoms with E-state index in [0.29, 0.717) is 17.6 Å². The number of aliphatic hydroxyl groups excluding tert-OH is 1. The van der Waals surface area contributed by atoms with Gasteiger partial charge in [0, 0.05) is 6.54 Å². The largest absolute Gasteiger partial charge is 0.496 e. The van der Waals surface area contributed by atoms with Crippen molar-refractivity contribution < 1.29 is 14.2 Å². The molecule has 0 saturated carbocycles. The van der Waals surface area contributed by atoms with E-state index in [1.54, 1.807) is 12.1 Å². The standard InChI is InChI=1S/C17H26FNO2/c1-17(2)8-11-19(12-9-17)10-7-14(20)16-13(18)5-4-6-15(16)21-3/h4-6,14,20H,7-12H2,1-3H3. The Balaban J connectivity index is 1.92. The molecule has 1 N–H and O–H groups in total. The van der Waals surface area contributed by atoms with Crippen molar-refractivity contribution in [2.24, 2.45) is 5.41 Å². The van der Waals surface area contributed by atoms with Crippen molar-refractivity contribution in [1.82, 2.24) is 4.90 Å². The molecule has 3 nitrogen and oxygen atoms in total. The second-order valence-corrected chi connectivity index (χ2v) is 6.67. The summed E-state index contributed by atoms with van der Waals surface area (Å²) in [6.07, 6.45) is 2.05. The molecule has 0 radical (unpaired) electrons. The first-order chi connectivity index (χ1) is 9.93. The van der Waals surface area contributed by atoms with E-state index in [9.17, 15) is 9.50 Å². The Labute approximate surface area is 126 Å². The second kappa shape index (κ2) is 6.75. The van der Waals surface area contributed by atoms with Gasteiger partial charge in [0.2, 0.25) is 0 Å². The van der Waals surface area contributed by atoms with E-state index in [0.717, 1.165) is 19.6 Å². The monoisotopic (exact) mass is 295 g/mol. The molecule has 0 spiro atoms. The van der Waals surface area contributed by atoms with Crippen LogP contribution in [-0.4, -0.2) is 36.8 Å². The van der Waals surface area contributed by atoms with Gasteiger partial charge in [0.25, 0.3) is 0 Å². The predicted octanol–water partition coefficient (Wildman–Crippen LogP) is 3.38. The average molecular weight is 295 g/mol. The maximum absolute atomic E-state index is 13.9. The van der Waals surface area contributed by atoms with E-state index in [4.69, 9.17) is 4.74 Å². The Bertz CT molecular complexity index is 466. The van der Waals surface area contributed by atoms with Crippen LogP contribution in [0.3, 0.4) is 0 Å². The van der Waals surface area contributed by atoms with Crippen LogP contribution in [-0.2, 0) is 0 Å². The number of likely N-dealkylation sites (tertiary alicyclic amines) is 1. The number of methoxy groups -OCH3 is 1. The van der Waals surface area contributed by atoms with Crippen LogP contribution in [0.5, 0.6) is 5.75 Å². The summed E-state index contributed by atoms with van der Waals surface area (Å²) in [5, 5.41) is 10.3. The first kappa shape index (κ1) is 16.2. The van der Waals surface area contributed by atoms with Gasteiger partial charge in [-0.25, -0.2) is 4.39 Å². The lowest BCUT2D eigenvalue weighted by atomic mass is 9.82. The van der Waals surface area contributed by atoms with Gasteiger partial charge in [-0.05, 0) is 49.9 Å². The summed E-state index contributed by atoms with van der Waals surface area (Å²) in [5.41, 5.74) is 0.696. The van der Waals surface area contributed by atoms with Crippen molar-refractivity contribution in [2.75, 3.05) is 26.7 Å². The number of halogens is 1. The predicted molar refractivity (Wildman–Crippen MR) is 82.0 cm³/mol. The molecule has 2 rings (SSSR count). The number of ether oxygens (including phenoxy) is 1. The zero-order chi connectivity index (χ0) is 15.5. The Morgan fingerprint density at radius 1 is 1.33 bits per heavy atom. The quantitative estimate of drug-likeness (QED) is 0.904. The topological polar surface area (TPSA) is 32.7 Å². The lowest BCUT2D eigenvalue weighted by Gasteiger charge is -2.37. The molecular weight excluding hydrogens is 269 g/mol. The number of nitrogens with zero attached hydrogens (tertiary/aromatic N) is 1. The van der Waals surface area contributed by atoms with E-state index in [2.05, 4.69) is 18.7 Å². The fraction of sp³-hybridized carbons (Fsp3) is 0.647. The van der Waals surface area contributed by atoms with Gasteiger partial charge in [-0.1, -0.05) is 19.9 Å². The van der Waals surface area contributed by atoms with Gasteiger partial charge in [0.15, 0.2) is 0 Å². The maximum atomic E-state index is 13.9. The van der Waals surface area contributed by atoms with Gasteiger partial charge in [0.1, 0.15) is 11.6 Å². The van der Waals surface area contributed by atoms with E-state index >= 15 is 0 Å². The van der Waals surface area contributed by atoms with E-state index in [1.807, 2.05) is 0 Å². The van der Waals surface area contributed by atoms with Gasteiger partial charge in [-0.15, -0.1) is 0 Å². The van der Waals surface area contributed by atoms with Gasteiger partial charge >= 0.3 is 0 Å². The first-order valence-corrected chi connectivity index (χ1v) is 7.66. The fourth-order valence-corrected chi connectivity index (χ4v) is 2.85. The summed E-state index contributed by atoms with van der Waals surface area (Å²) in [7, 11) is 1.50. The summed E-state index contributed by atoms with van der Waals surface area (Å²) < 4.78 is 19.1. The maximum Gasteiger partial charge on any atom is 0.132 e. The van der Waals surface area contributed by atoms with E-state index in [-0.39, 0.29) is 5.56 Å². The Morgan fingerprint density at radius 2 is 2.00 bits per heavy atom. The molecule has 4 heteroatoms. The molecule has 1 fully saturated rings. The first-order valence-electron chi connectivity index (χ1n) is 7.66. The highest BCUT2D eigenvalue weighted by molar-refractivity contribution is 5.36. The second-order valence-electron chi connectivity index (χ2n) is 6.67. The highest BCUT2D eigenvalue weighted by Gasteiger charge is 2.26. The summed E-state index contributed by atoms with van der Waals surface area (Å²) in [4.78, 5) is 2.35. The number of rotatable bonds is 5. The van der Waals surface area contributed by atoms with Crippen LogP contribution >= 0.6 is 0 Å². The van der Waals surface area contributed by atoms with Crippen LogP contribution in [0.1, 0.15) is 44.8 Å². The van der Waals surface area contributed by atoms with Crippen LogP contribution in [0.4, 0.5) is 4.39 Å². The van der Waals surface area contributed by atoms with Gasteiger partial charge in [0.05, 0.1) is 18.8 Å². The van der Waals surface area contributed by atoms with Crippen LogP contribution in [0.2, 0.25) is 0 Å². The normalized spacial score (nSPS) is 20.2. The van der Waals surface area contributed by atoms with Gasteiger partial charge in [-0.3, -0.25) is 0 Å². The summed E-state index contributed by atoms with van der Waals surface area (Å²) >= 11 is 0. The lowest BCUT2D eigenvalue weighted by Crippen LogP contribution is -2.38. The van der Waals surface area contributed by atoms with E-state index < -0.39 is 11.9 Å². The molecule has 0 amide bonds. The van der Waals surface area contributed by atoms with Crippen molar-refractivity contribution in [3.05, 3.63) is 29.6 Å². The zero-order valence-electron chi connectivity index (χ0n) is 13.2. The molecule has 1 aromatic rings. The number of piperidine rings is 1. The summed E-state index contributed by atoms with van der Waals surface area (Å²) in [6.45, 7) is 7.48. The lowest BCUT2D eigenvalue weighted by molar-refractivity contribution is 0.0987. The Kier molecular flexibility index (Phi) is 5.22. The third-order valence-corrected chi connectivity index (χ3v) is 4.49. The third kappa shape index (κ3) is 4.17. The SMILES string of the molecule is COc1cccc(F)c1C(O)CCN1CCC(C)(C)CC1. The van der Waals surface area contributed by atoms with E-state index in [1.165, 1.54) is 26.0 Å². The van der Waals surface area contributed by atoms with Crippen molar-refractivity contribution in [2.45, 2.75) is 39.2 Å². The smallest absolute Gasteiger partial charge is 0.132 e. The van der Waals surface area contributed by atoms with Crippen molar-refractivity contribution in [3.8, 4) is 5.75 Å². The number of hydrogen-bond acceptors (Lipinski definition) is 3. The molecular formula is C17H26FNO2. The minimum Gasteiger partial charge on any atom is -0.496 e. The van der Waals surface area contributed by atoms with Crippen molar-refractivity contribution in [3.63, 3.8) is 0 Å². The molecule has 0 aliphatic carbocycles. The molecule has 1 aliphatic heterocycles. The van der Waals surface area contributed by atoms with Crippen LogP contribution in [0.15, 0.2) is 18.2 Å². The average Bonchev–Trinajstić information content (AvgIpc) is 2.45. The van der Waals surface area contributed by atoms with Crippen LogP contribution in [0, 0.1) is 11.2 Å². The van der Waals surface area contributed by atoms with Crippen LogP contribution < -0.4 is 4.74 Å². The minimum absolute atomic E-state index is 0.275. The molecule has 1 atom stereocenters. The molecule has 1 saturated heterocycles. The molecule has 0 bridgehead atoms. The highest BCUT2D eigenvalue weighted by Crippen LogP contribution is 2.32. The number of hydrogen-bond donors (Lipinski definition) is 1. The molecule has 1 heterocycles. The zero-order valence-corrected chi connectivity index (χ0v) is 13.2. The summed E-state index contributed by atoms with van der Waals surface area (Å²) in [5.74, 6) is 0.0175. The van der Waals surface area contributed by atoms with Crippen LogP contribution in [0.25, 0.3) is 0 Å². The van der Waals surface area contributed by atoms with Crippen molar-refractivity contribution in [1.29, 1.82) is 0 Å². The molecule has 1 aromatic carbocycles. The van der Waals surface area contributed by atoms with Gasteiger partial charge in [-0.2, -0.15) is 0 Å². The minimum atomic E-state index is -0.823. The fourth-order valence-electron chi connectivity index (χ4n) is 2.85. The molecule has 0 aromatic heterocycles. The molecule has 1 aliphatic rings. The Hall–Kier alpha value is -1.13. The highest BCUT2D eigenvalue weighted by atomic mass is 19.1. The number of aliphatic hydroxyl groups is 1. The summed E-state index contributed by atoms with van der Waals surface area (Å²) in [6, 6.07) is 4.65. The molecule has 1 unspecified atom stereocenters. The Morgan fingerprint density at radius 3 is 2.62 bits per heavy atom. The molecule has 118 valence electrons.